The van der Waals surface area contributed by atoms with Gasteiger partial charge in [0, 0.05) is 43.1 Å². The molecular weight excluding hydrogens is 345 g/mol. The van der Waals surface area contributed by atoms with Crippen LogP contribution in [0.2, 0.25) is 0 Å². The Morgan fingerprint density at radius 3 is 2.57 bits per heavy atom. The predicted molar refractivity (Wildman–Crippen MR) is 81.4 cm³/mol. The van der Waals surface area contributed by atoms with E-state index in [1.165, 1.54) is 0 Å². The maximum absolute atomic E-state index is 12.6. The highest BCUT2D eigenvalue weighted by molar-refractivity contribution is 9.10. The molecule has 0 unspecified atom stereocenters. The number of halogens is 4. The van der Waals surface area contributed by atoms with Gasteiger partial charge in [-0.15, -0.1) is 0 Å². The Bertz CT molecular complexity index is 470. The van der Waals surface area contributed by atoms with Crippen molar-refractivity contribution in [3.05, 3.63) is 33.8 Å². The minimum atomic E-state index is -4.10. The van der Waals surface area contributed by atoms with Gasteiger partial charge in [0.25, 0.3) is 0 Å². The van der Waals surface area contributed by atoms with Gasteiger partial charge >= 0.3 is 6.18 Å². The maximum Gasteiger partial charge on any atom is 0.389 e. The molecule has 1 aliphatic heterocycles. The van der Waals surface area contributed by atoms with Gasteiger partial charge in [-0.3, -0.25) is 4.90 Å². The van der Waals surface area contributed by atoms with Gasteiger partial charge < -0.3 is 5.32 Å². The van der Waals surface area contributed by atoms with E-state index in [-0.39, 0.29) is 12.5 Å². The molecule has 2 nitrogen and oxygen atoms in total. The molecule has 0 aromatic heterocycles. The molecule has 1 N–H and O–H groups in total. The van der Waals surface area contributed by atoms with Gasteiger partial charge in [0.15, 0.2) is 0 Å². The Hall–Kier alpha value is -0.590. The van der Waals surface area contributed by atoms with E-state index in [1.54, 1.807) is 0 Å². The second-order valence-corrected chi connectivity index (χ2v) is 6.37. The lowest BCUT2D eigenvalue weighted by Gasteiger charge is -2.36. The van der Waals surface area contributed by atoms with E-state index in [2.05, 4.69) is 26.1 Å². The minimum absolute atomic E-state index is 0.112. The molecule has 1 aliphatic rings. The quantitative estimate of drug-likeness (QED) is 0.866. The number of nitrogens with zero attached hydrogens (tertiary/aromatic N) is 1. The predicted octanol–water partition coefficient (Wildman–Crippen LogP) is 4.05. The van der Waals surface area contributed by atoms with E-state index in [1.807, 2.05) is 25.1 Å². The summed E-state index contributed by atoms with van der Waals surface area (Å²) in [5.41, 5.74) is 2.04. The summed E-state index contributed by atoms with van der Waals surface area (Å²) < 4.78 is 38.8. The fraction of sp³-hybridized carbons (Fsp3) is 0.600. The lowest BCUT2D eigenvalue weighted by molar-refractivity contribution is -0.138. The van der Waals surface area contributed by atoms with Crippen molar-refractivity contribution in [2.45, 2.75) is 32.0 Å². The van der Waals surface area contributed by atoms with E-state index in [4.69, 9.17) is 0 Å². The molecule has 21 heavy (non-hydrogen) atoms. The normalized spacial score (nSPS) is 18.7. The van der Waals surface area contributed by atoms with Crippen LogP contribution in [0.4, 0.5) is 13.2 Å². The van der Waals surface area contributed by atoms with Crippen LogP contribution in [0.1, 0.15) is 30.0 Å². The van der Waals surface area contributed by atoms with E-state index < -0.39 is 12.6 Å². The lowest BCUT2D eigenvalue weighted by Crippen LogP contribution is -2.45. The van der Waals surface area contributed by atoms with Gasteiger partial charge in [0.05, 0.1) is 0 Å². The summed E-state index contributed by atoms with van der Waals surface area (Å²) in [5.74, 6) is 0. The fourth-order valence-electron chi connectivity index (χ4n) is 2.80. The second-order valence-electron chi connectivity index (χ2n) is 5.46. The van der Waals surface area contributed by atoms with Gasteiger partial charge in [-0.25, -0.2) is 0 Å². The summed E-state index contributed by atoms with van der Waals surface area (Å²) in [6, 6.07) is 5.67. The number of piperazine rings is 1. The number of hydrogen-bond acceptors (Lipinski definition) is 2. The van der Waals surface area contributed by atoms with E-state index in [9.17, 15) is 13.2 Å². The molecule has 1 heterocycles. The van der Waals surface area contributed by atoms with Crippen LogP contribution in [-0.4, -0.2) is 37.3 Å². The van der Waals surface area contributed by atoms with Crippen molar-refractivity contribution in [1.82, 2.24) is 10.2 Å². The molecule has 1 aromatic carbocycles. The number of benzene rings is 1. The highest BCUT2D eigenvalue weighted by Crippen LogP contribution is 2.34. The van der Waals surface area contributed by atoms with Gasteiger partial charge in [-0.2, -0.15) is 13.2 Å². The molecule has 0 radical (unpaired) electrons. The molecule has 1 fully saturated rings. The Balaban J connectivity index is 2.23. The van der Waals surface area contributed by atoms with Gasteiger partial charge in [0.2, 0.25) is 0 Å². The Morgan fingerprint density at radius 2 is 1.95 bits per heavy atom. The third-order valence-corrected chi connectivity index (χ3v) is 4.39. The van der Waals surface area contributed by atoms with Crippen molar-refractivity contribution in [1.29, 1.82) is 0 Å². The van der Waals surface area contributed by atoms with Crippen molar-refractivity contribution in [3.8, 4) is 0 Å². The first-order valence-electron chi connectivity index (χ1n) is 7.14. The molecule has 2 rings (SSSR count). The summed E-state index contributed by atoms with van der Waals surface area (Å²) in [6.07, 6.45) is -4.74. The first-order chi connectivity index (χ1) is 9.87. The number of aryl methyl sites for hydroxylation is 1. The van der Waals surface area contributed by atoms with Gasteiger partial charge in [-0.05, 0) is 36.6 Å². The SMILES string of the molecule is Cc1ccc(Br)cc1[C@@H](CCC(F)(F)F)N1CCNCC1. The van der Waals surface area contributed by atoms with Crippen LogP contribution in [-0.2, 0) is 0 Å². The summed E-state index contributed by atoms with van der Waals surface area (Å²) in [7, 11) is 0. The highest BCUT2D eigenvalue weighted by atomic mass is 79.9. The van der Waals surface area contributed by atoms with Gasteiger partial charge in [-0.1, -0.05) is 22.0 Å². The molecule has 0 spiro atoms. The van der Waals surface area contributed by atoms with Crippen LogP contribution < -0.4 is 5.32 Å². The lowest BCUT2D eigenvalue weighted by atomic mass is 9.95. The molecule has 0 aliphatic carbocycles. The average Bonchev–Trinajstić information content (AvgIpc) is 2.43. The topological polar surface area (TPSA) is 15.3 Å². The van der Waals surface area contributed by atoms with Crippen molar-refractivity contribution in [3.63, 3.8) is 0 Å². The second kappa shape index (κ2) is 7.11. The summed E-state index contributed by atoms with van der Waals surface area (Å²) in [4.78, 5) is 2.16. The summed E-state index contributed by atoms with van der Waals surface area (Å²) in [5, 5.41) is 3.25. The molecule has 6 heteroatoms. The molecule has 0 saturated carbocycles. The largest absolute Gasteiger partial charge is 0.389 e. The molecule has 1 saturated heterocycles. The smallest absolute Gasteiger partial charge is 0.314 e. The van der Waals surface area contributed by atoms with Crippen LogP contribution in [0.5, 0.6) is 0 Å². The monoisotopic (exact) mass is 364 g/mol. The van der Waals surface area contributed by atoms with Crippen molar-refractivity contribution < 1.29 is 13.2 Å². The number of rotatable bonds is 4. The Kier molecular flexibility index (Phi) is 5.68. The Labute approximate surface area is 131 Å². The zero-order valence-corrected chi connectivity index (χ0v) is 13.6. The van der Waals surface area contributed by atoms with E-state index in [0.29, 0.717) is 0 Å². The number of alkyl halides is 3. The molecule has 1 aromatic rings. The first kappa shape index (κ1) is 16.8. The van der Waals surface area contributed by atoms with Crippen molar-refractivity contribution in [2.75, 3.05) is 26.2 Å². The Morgan fingerprint density at radius 1 is 1.29 bits per heavy atom. The average molecular weight is 365 g/mol. The summed E-state index contributed by atoms with van der Waals surface area (Å²) in [6.45, 7) is 5.19. The third kappa shape index (κ3) is 4.97. The van der Waals surface area contributed by atoms with Crippen LogP contribution in [0.3, 0.4) is 0 Å². The number of nitrogens with one attached hydrogen (secondary N) is 1. The van der Waals surface area contributed by atoms with Crippen LogP contribution in [0.25, 0.3) is 0 Å². The minimum Gasteiger partial charge on any atom is -0.314 e. The van der Waals surface area contributed by atoms with Crippen molar-refractivity contribution >= 4 is 15.9 Å². The number of hydrogen-bond donors (Lipinski definition) is 1. The van der Waals surface area contributed by atoms with E-state index >= 15 is 0 Å². The van der Waals surface area contributed by atoms with Gasteiger partial charge in [0.1, 0.15) is 0 Å². The first-order valence-corrected chi connectivity index (χ1v) is 7.94. The molecule has 118 valence electrons. The molecule has 1 atom stereocenters. The van der Waals surface area contributed by atoms with E-state index in [0.717, 1.165) is 41.8 Å². The molecule has 0 bridgehead atoms. The zero-order valence-electron chi connectivity index (χ0n) is 12.0. The molecular formula is C15H20BrF3N2. The standard InChI is InChI=1S/C15H20BrF3N2/c1-11-2-3-12(16)10-13(11)14(4-5-15(17,18)19)21-8-6-20-7-9-21/h2-3,10,14,20H,4-9H2,1H3/t14-/m1/s1. The maximum atomic E-state index is 12.6. The van der Waals surface area contributed by atoms with Crippen LogP contribution in [0, 0.1) is 6.92 Å². The summed E-state index contributed by atoms with van der Waals surface area (Å²) >= 11 is 3.43. The van der Waals surface area contributed by atoms with Crippen LogP contribution >= 0.6 is 15.9 Å². The fourth-order valence-corrected chi connectivity index (χ4v) is 3.18. The molecule has 0 amide bonds. The zero-order chi connectivity index (χ0) is 15.5. The van der Waals surface area contributed by atoms with Crippen molar-refractivity contribution in [2.24, 2.45) is 0 Å². The van der Waals surface area contributed by atoms with Crippen LogP contribution in [0.15, 0.2) is 22.7 Å². The highest BCUT2D eigenvalue weighted by Gasteiger charge is 2.31. The third-order valence-electron chi connectivity index (χ3n) is 3.89.